The Bertz CT molecular complexity index is 7340. The van der Waals surface area contributed by atoms with Crippen molar-refractivity contribution in [3.63, 3.8) is 0 Å². The Morgan fingerprint density at radius 1 is 0.366 bits per heavy atom. The summed E-state index contributed by atoms with van der Waals surface area (Å²) in [6.45, 7) is 51.0. The van der Waals surface area contributed by atoms with Crippen LogP contribution in [0, 0.1) is 110 Å². The zero-order valence-corrected chi connectivity index (χ0v) is 67.1. The number of rotatable bonds is 12. The van der Waals surface area contributed by atoms with Crippen LogP contribution in [-0.4, -0.2) is 0 Å². The lowest BCUT2D eigenvalue weighted by atomic mass is 9.96. The number of aromatic nitrogens is 4. The lowest BCUT2D eigenvalue weighted by Crippen LogP contribution is -2.35. The van der Waals surface area contributed by atoms with Gasteiger partial charge in [0.2, 0.25) is 28.5 Å². The number of furan rings is 4. The van der Waals surface area contributed by atoms with E-state index in [9.17, 15) is 5.26 Å². The van der Waals surface area contributed by atoms with Crippen molar-refractivity contribution in [1.29, 1.82) is 5.26 Å². The summed E-state index contributed by atoms with van der Waals surface area (Å²) in [7, 11) is 7.18. The van der Waals surface area contributed by atoms with Gasteiger partial charge < -0.3 is 17.7 Å². The third kappa shape index (κ3) is 15.1. The first-order chi connectivity index (χ1) is 60.0. The van der Waals surface area contributed by atoms with Crippen LogP contribution in [-0.2, 0) is 53.7 Å². The summed E-state index contributed by atoms with van der Waals surface area (Å²) in [5.41, 5.74) is 17.6. The van der Waals surface area contributed by atoms with Gasteiger partial charge in [0.25, 0.3) is 0 Å². The summed E-state index contributed by atoms with van der Waals surface area (Å²) < 4.78 is 172. The molecular weight excluding hydrogens is 1380 g/mol. The molecule has 0 saturated carbocycles. The van der Waals surface area contributed by atoms with Crippen molar-refractivity contribution in [2.24, 2.45) is 51.9 Å². The first-order valence-electron chi connectivity index (χ1n) is 45.4. The molecule has 0 aliphatic carbocycles. The van der Waals surface area contributed by atoms with E-state index >= 15 is 0 Å². The minimum atomic E-state index is -1.84. The fraction of sp³-hybridized carbons (Fsp3) is 0.280. The van der Waals surface area contributed by atoms with Gasteiger partial charge in [0.1, 0.15) is 72.9 Å². The monoisotopic (exact) mass is 1490 g/mol. The van der Waals surface area contributed by atoms with E-state index in [-0.39, 0.29) is 70.6 Å². The Balaban J connectivity index is 0.000000146. The predicted octanol–water partition coefficient (Wildman–Crippen LogP) is 25.1. The van der Waals surface area contributed by atoms with Crippen LogP contribution in [0.15, 0.2) is 187 Å². The SMILES string of the molecule is [2H]c1c(C([2H])([2H])C(C)C)c([2H])c(-c2c(C)ccc3c2oc2c([N+]#[C-])cccc23)[n+](C)c1C.[2H]c1c(C([2H])([2H])C(C)C)c([2H])c(-c2c(C)ccc3c2oc2cc([N+]#[C-])ccc23)[n+](C)c1C.[2H]c1c(C([2H])([2H])C(C)C)c([2H])c(-c2c(C)ccc3c2oc2ccc([N+]#[C-])cc23)[n+](C)c1C.[2H]c1c(C([2H])([2H])C(C)C)c([2H])c(-c2c(C)ccc3c2oc2cccc(C#N)c23)[n+](C)c1C. The van der Waals surface area contributed by atoms with Gasteiger partial charge >= 0.3 is 0 Å². The Hall–Kier alpha value is -12.5. The lowest BCUT2D eigenvalue weighted by molar-refractivity contribution is -0.666. The number of para-hydroxylation sites is 1. The van der Waals surface area contributed by atoms with Crippen LogP contribution in [0.4, 0.5) is 17.1 Å². The van der Waals surface area contributed by atoms with Gasteiger partial charge in [-0.05, 0) is 152 Å². The van der Waals surface area contributed by atoms with Gasteiger partial charge in [-0.2, -0.15) is 23.5 Å². The summed E-state index contributed by atoms with van der Waals surface area (Å²) >= 11 is 0. The van der Waals surface area contributed by atoms with Crippen LogP contribution in [0.25, 0.3) is 147 Å². The van der Waals surface area contributed by atoms with E-state index in [1.54, 1.807) is 178 Å². The molecule has 560 valence electrons. The maximum atomic E-state index is 9.60. The molecule has 0 amide bonds. The third-order valence-corrected chi connectivity index (χ3v) is 20.1. The third-order valence-electron chi connectivity index (χ3n) is 20.1. The molecular formula is C100H100N8O4+4. The first kappa shape index (κ1) is 59.4. The second kappa shape index (κ2) is 31.8. The van der Waals surface area contributed by atoms with E-state index < -0.39 is 49.2 Å². The normalized spacial score (nSPS) is 14.0. The van der Waals surface area contributed by atoms with Gasteiger partial charge in [0.05, 0.1) is 64.6 Å². The highest BCUT2D eigenvalue weighted by molar-refractivity contribution is 6.15. The Labute approximate surface area is 681 Å². The molecule has 0 N–H and O–H groups in total. The number of nitrogens with zero attached hydrogens (tertiary/aromatic N) is 8. The number of hydrogen-bond donors (Lipinski definition) is 0. The van der Waals surface area contributed by atoms with Gasteiger partial charge in [0, 0.05) is 130 Å². The molecule has 12 heteroatoms. The average molecular weight is 1490 g/mol. The standard InChI is InChI=1S/4C25H25N2O/c1-15(2)11-18-12-17(4)27(6)22(13-18)24-16(3)7-9-21-20-10-8-19(26-5)14-23(20)28-25(21)24;1-15(2)11-18-12-17(4)27(6)22(13-18)24-16(3)7-9-20-21-14-19(26-5)8-10-23(21)28-25(20)24;1-15(2)12-18-13-17(4)27(6)22(14-18)23-16(3)10-11-20-19-8-7-9-21(26-5)24(19)28-25(20)23;1-15(2)11-18-12-17(4)27(5)21(13-18)23-16(3)9-10-20-24-19(14-26)7-6-8-22(24)28-25(20)23/h2*7-10,12-15H,11H2,1-4,6H3;7-11,13-15H,12H2,1-4,6H3;6-10,12-13,15H,11H2,1-5H3/q4*+1/i2*11D2,12D,13D;12D2,13D,14D;11D2,12D,13D. The van der Waals surface area contributed by atoms with E-state index in [1.165, 1.54) is 0 Å². The predicted molar refractivity (Wildman–Crippen MR) is 457 cm³/mol. The van der Waals surface area contributed by atoms with Crippen molar-refractivity contribution in [3.05, 3.63) is 277 Å². The summed E-state index contributed by atoms with van der Waals surface area (Å²) in [5.74, 6) is -1.60. The average Bonchev–Trinajstić information content (AvgIpc) is 1.46. The van der Waals surface area contributed by atoms with Crippen molar-refractivity contribution in [2.45, 2.75) is 136 Å². The quantitative estimate of drug-likeness (QED) is 0.0895. The highest BCUT2D eigenvalue weighted by atomic mass is 16.3. The highest BCUT2D eigenvalue weighted by Gasteiger charge is 2.29. The molecule has 0 unspecified atom stereocenters. The number of benzene rings is 8. The van der Waals surface area contributed by atoms with E-state index in [4.69, 9.17) is 59.3 Å². The molecule has 0 atom stereocenters. The van der Waals surface area contributed by atoms with Crippen LogP contribution < -0.4 is 18.3 Å². The maximum absolute atomic E-state index is 9.60. The minimum Gasteiger partial charge on any atom is -0.466 e. The zero-order chi connectivity index (χ0) is 94.1. The number of pyridine rings is 4. The second-order valence-corrected chi connectivity index (χ2v) is 29.8. The lowest BCUT2D eigenvalue weighted by Gasteiger charge is -2.11. The van der Waals surface area contributed by atoms with Crippen molar-refractivity contribution in [3.8, 4) is 51.1 Å². The maximum Gasteiger partial charge on any atom is 0.229 e. The molecule has 0 aliphatic rings. The molecule has 16 rings (SSSR count). The van der Waals surface area contributed by atoms with Crippen LogP contribution in [0.1, 0.15) is 150 Å². The van der Waals surface area contributed by atoms with E-state index in [1.807, 2.05) is 100 Å². The van der Waals surface area contributed by atoms with E-state index in [2.05, 4.69) is 20.6 Å². The summed E-state index contributed by atoms with van der Waals surface area (Å²) in [4.78, 5) is 10.6. The molecule has 0 fully saturated rings. The largest absolute Gasteiger partial charge is 0.466 e. The van der Waals surface area contributed by atoms with Gasteiger partial charge in [0.15, 0.2) is 34.2 Å². The van der Waals surface area contributed by atoms with Crippen LogP contribution in [0.5, 0.6) is 0 Å². The van der Waals surface area contributed by atoms with Crippen molar-refractivity contribution in [2.75, 3.05) is 0 Å². The molecule has 0 saturated heterocycles. The fourth-order valence-corrected chi connectivity index (χ4v) is 14.3. The van der Waals surface area contributed by atoms with Crippen molar-refractivity contribution < 1.29 is 57.9 Å². The van der Waals surface area contributed by atoms with Crippen LogP contribution in [0.2, 0.25) is 0 Å². The smallest absolute Gasteiger partial charge is 0.229 e. The Morgan fingerprint density at radius 3 is 1.13 bits per heavy atom. The summed E-state index contributed by atoms with van der Waals surface area (Å²) in [6, 6.07) is 39.5. The minimum absolute atomic E-state index is 0.000275. The molecule has 0 spiro atoms. The van der Waals surface area contributed by atoms with Crippen molar-refractivity contribution >= 4 is 105 Å². The number of aryl methyl sites for hydroxylation is 4. The fourth-order valence-electron chi connectivity index (χ4n) is 14.3. The van der Waals surface area contributed by atoms with Crippen molar-refractivity contribution in [1.82, 2.24) is 0 Å². The number of nitriles is 1. The zero-order valence-electron chi connectivity index (χ0n) is 83.1. The highest BCUT2D eigenvalue weighted by Crippen LogP contribution is 2.44. The molecule has 8 heterocycles. The molecule has 8 aromatic heterocycles. The van der Waals surface area contributed by atoms with Crippen LogP contribution in [0.3, 0.4) is 0 Å². The molecule has 0 radical (unpaired) electrons. The number of fused-ring (bicyclic) bond motifs is 12. The van der Waals surface area contributed by atoms with E-state index in [0.717, 1.165) is 65.3 Å². The second-order valence-electron chi connectivity index (χ2n) is 29.8. The Morgan fingerprint density at radius 2 is 0.714 bits per heavy atom. The van der Waals surface area contributed by atoms with Gasteiger partial charge in [-0.3, -0.25) is 0 Å². The molecule has 16 aromatic rings. The molecule has 0 bridgehead atoms. The van der Waals surface area contributed by atoms with E-state index in [0.29, 0.717) is 135 Å². The Kier molecular flexibility index (Phi) is 16.9. The summed E-state index contributed by atoms with van der Waals surface area (Å²) in [5, 5.41) is 16.2. The van der Waals surface area contributed by atoms with Crippen LogP contribution >= 0.6 is 0 Å². The molecule has 0 aliphatic heterocycles. The summed E-state index contributed by atoms with van der Waals surface area (Å²) in [6.07, 6.45) is -7.34. The van der Waals surface area contributed by atoms with Gasteiger partial charge in [-0.15, -0.1) is 0 Å². The number of hydrogen-bond acceptors (Lipinski definition) is 5. The van der Waals surface area contributed by atoms with Gasteiger partial charge in [-0.25, -0.2) is 14.5 Å². The molecule has 8 aromatic carbocycles. The first-order valence-corrected chi connectivity index (χ1v) is 37.4. The van der Waals surface area contributed by atoms with Gasteiger partial charge in [-0.1, -0.05) is 146 Å². The molecule has 112 heavy (non-hydrogen) atoms. The topological polar surface area (TPSA) is 105 Å². The molecule has 12 nitrogen and oxygen atoms in total.